The van der Waals surface area contributed by atoms with Gasteiger partial charge >= 0.3 is 0 Å². The Labute approximate surface area is 135 Å². The average molecular weight is 298 g/mol. The van der Waals surface area contributed by atoms with Gasteiger partial charge in [0.1, 0.15) is 0 Å². The van der Waals surface area contributed by atoms with Crippen molar-refractivity contribution in [2.45, 2.75) is 19.8 Å². The molecule has 4 aromatic rings. The highest BCUT2D eigenvalue weighted by Gasteiger charge is 2.15. The normalized spacial score (nSPS) is 11.4. The van der Waals surface area contributed by atoms with Crippen molar-refractivity contribution in [3.05, 3.63) is 72.4 Å². The van der Waals surface area contributed by atoms with Crippen molar-refractivity contribution in [3.8, 4) is 11.3 Å². The fourth-order valence-electron chi connectivity index (χ4n) is 3.05. The number of hydrogen-bond acceptors (Lipinski definition) is 2. The van der Waals surface area contributed by atoms with Gasteiger partial charge in [-0.2, -0.15) is 0 Å². The van der Waals surface area contributed by atoms with Gasteiger partial charge in [-0.05, 0) is 28.8 Å². The van der Waals surface area contributed by atoms with Crippen molar-refractivity contribution in [1.29, 1.82) is 0 Å². The molecule has 0 spiro atoms. The fraction of sp³-hybridized carbons (Fsp3) is 0.143. The summed E-state index contributed by atoms with van der Waals surface area (Å²) >= 11 is 0. The Morgan fingerprint density at radius 3 is 2.13 bits per heavy atom. The van der Waals surface area contributed by atoms with Gasteiger partial charge < -0.3 is 0 Å². The molecule has 4 rings (SSSR count). The van der Waals surface area contributed by atoms with Crippen LogP contribution in [0.15, 0.2) is 66.7 Å². The first-order valence-electron chi connectivity index (χ1n) is 7.99. The maximum Gasteiger partial charge on any atom is 0.0934 e. The molecule has 0 N–H and O–H groups in total. The molecule has 0 saturated carbocycles. The summed E-state index contributed by atoms with van der Waals surface area (Å²) in [6.07, 6.45) is 0. The fourth-order valence-corrected chi connectivity index (χ4v) is 3.05. The van der Waals surface area contributed by atoms with Crippen LogP contribution in [0.5, 0.6) is 0 Å². The lowest BCUT2D eigenvalue weighted by Gasteiger charge is -2.14. The second-order valence-electron chi connectivity index (χ2n) is 6.13. The smallest absolute Gasteiger partial charge is 0.0934 e. The van der Waals surface area contributed by atoms with Gasteiger partial charge in [-0.1, -0.05) is 68.4 Å². The molecule has 2 nitrogen and oxygen atoms in total. The third kappa shape index (κ3) is 2.36. The van der Waals surface area contributed by atoms with Crippen LogP contribution in [0.25, 0.3) is 33.1 Å². The summed E-state index contributed by atoms with van der Waals surface area (Å²) in [5, 5.41) is 2.45. The van der Waals surface area contributed by atoms with Crippen LogP contribution in [0, 0.1) is 0 Å². The van der Waals surface area contributed by atoms with E-state index in [4.69, 9.17) is 9.97 Å². The van der Waals surface area contributed by atoms with Crippen LogP contribution in [0.2, 0.25) is 0 Å². The number of hydrogen-bond donors (Lipinski definition) is 0. The lowest BCUT2D eigenvalue weighted by atomic mass is 9.97. The molecule has 1 heterocycles. The van der Waals surface area contributed by atoms with Crippen LogP contribution in [-0.2, 0) is 0 Å². The van der Waals surface area contributed by atoms with Crippen molar-refractivity contribution in [1.82, 2.24) is 9.97 Å². The lowest BCUT2D eigenvalue weighted by Crippen LogP contribution is -2.01. The topological polar surface area (TPSA) is 25.8 Å². The van der Waals surface area contributed by atoms with Gasteiger partial charge in [-0.3, -0.25) is 0 Å². The van der Waals surface area contributed by atoms with E-state index in [2.05, 4.69) is 56.3 Å². The molecule has 0 radical (unpaired) electrons. The first-order valence-corrected chi connectivity index (χ1v) is 7.99. The van der Waals surface area contributed by atoms with Gasteiger partial charge in [0.2, 0.25) is 0 Å². The van der Waals surface area contributed by atoms with Gasteiger partial charge in [-0.25, -0.2) is 9.97 Å². The first kappa shape index (κ1) is 13.9. The highest BCUT2D eigenvalue weighted by atomic mass is 14.8. The SMILES string of the molecule is CC(C)c1nc2ccccc2nc1-c1cccc2ccccc12. The molecule has 0 fully saturated rings. The van der Waals surface area contributed by atoms with Crippen molar-refractivity contribution >= 4 is 21.8 Å². The van der Waals surface area contributed by atoms with Crippen LogP contribution in [0.1, 0.15) is 25.5 Å². The van der Waals surface area contributed by atoms with E-state index in [-0.39, 0.29) is 0 Å². The standard InChI is InChI=1S/C21H18N2/c1-14(2)20-21(23-19-13-6-5-12-18(19)22-20)17-11-7-9-15-8-3-4-10-16(15)17/h3-14H,1-2H3. The summed E-state index contributed by atoms with van der Waals surface area (Å²) in [5.41, 5.74) is 5.11. The van der Waals surface area contributed by atoms with E-state index >= 15 is 0 Å². The Bertz CT molecular complexity index is 997. The average Bonchev–Trinajstić information content (AvgIpc) is 2.60. The molecular formula is C21H18N2. The van der Waals surface area contributed by atoms with Crippen molar-refractivity contribution in [2.24, 2.45) is 0 Å². The highest BCUT2D eigenvalue weighted by Crippen LogP contribution is 2.33. The third-order valence-corrected chi connectivity index (χ3v) is 4.19. The van der Waals surface area contributed by atoms with Crippen molar-refractivity contribution in [3.63, 3.8) is 0 Å². The zero-order valence-electron chi connectivity index (χ0n) is 13.3. The van der Waals surface area contributed by atoms with Gasteiger partial charge in [0, 0.05) is 5.56 Å². The van der Waals surface area contributed by atoms with Gasteiger partial charge in [0.25, 0.3) is 0 Å². The van der Waals surface area contributed by atoms with E-state index in [0.29, 0.717) is 5.92 Å². The van der Waals surface area contributed by atoms with Crippen molar-refractivity contribution < 1.29 is 0 Å². The predicted molar refractivity (Wildman–Crippen MR) is 96.6 cm³/mol. The maximum atomic E-state index is 4.95. The van der Waals surface area contributed by atoms with Crippen molar-refractivity contribution in [2.75, 3.05) is 0 Å². The number of rotatable bonds is 2. The van der Waals surface area contributed by atoms with E-state index in [9.17, 15) is 0 Å². The monoisotopic (exact) mass is 298 g/mol. The van der Waals surface area contributed by atoms with Gasteiger partial charge in [0.15, 0.2) is 0 Å². The first-order chi connectivity index (χ1) is 11.2. The minimum Gasteiger partial charge on any atom is -0.249 e. The summed E-state index contributed by atoms with van der Waals surface area (Å²) in [6, 6.07) is 22.9. The molecule has 0 aliphatic heterocycles. The zero-order valence-corrected chi connectivity index (χ0v) is 13.3. The largest absolute Gasteiger partial charge is 0.249 e. The summed E-state index contributed by atoms with van der Waals surface area (Å²) in [4.78, 5) is 9.85. The summed E-state index contributed by atoms with van der Waals surface area (Å²) < 4.78 is 0. The van der Waals surface area contributed by atoms with E-state index < -0.39 is 0 Å². The lowest BCUT2D eigenvalue weighted by molar-refractivity contribution is 0.826. The molecule has 0 aliphatic carbocycles. The predicted octanol–water partition coefficient (Wildman–Crippen LogP) is 5.57. The number of benzene rings is 3. The minimum absolute atomic E-state index is 0.320. The minimum atomic E-state index is 0.320. The Hall–Kier alpha value is -2.74. The Kier molecular flexibility index (Phi) is 3.30. The van der Waals surface area contributed by atoms with Crippen LogP contribution in [0.3, 0.4) is 0 Å². The molecule has 0 amide bonds. The summed E-state index contributed by atoms with van der Waals surface area (Å²) in [6.45, 7) is 4.35. The highest BCUT2D eigenvalue weighted by molar-refractivity contribution is 5.97. The van der Waals surface area contributed by atoms with Crippen LogP contribution >= 0.6 is 0 Å². The van der Waals surface area contributed by atoms with Crippen LogP contribution in [0.4, 0.5) is 0 Å². The molecule has 23 heavy (non-hydrogen) atoms. The van der Waals surface area contributed by atoms with Gasteiger partial charge in [-0.15, -0.1) is 0 Å². The molecule has 2 heteroatoms. The van der Waals surface area contributed by atoms with Crippen LogP contribution < -0.4 is 0 Å². The number of fused-ring (bicyclic) bond motifs is 2. The zero-order chi connectivity index (χ0) is 15.8. The van der Waals surface area contributed by atoms with E-state index in [1.807, 2.05) is 24.3 Å². The molecule has 0 aliphatic rings. The second-order valence-corrected chi connectivity index (χ2v) is 6.13. The van der Waals surface area contributed by atoms with E-state index in [1.165, 1.54) is 10.8 Å². The molecule has 0 bridgehead atoms. The third-order valence-electron chi connectivity index (χ3n) is 4.19. The number of nitrogens with zero attached hydrogens (tertiary/aromatic N) is 2. The molecular weight excluding hydrogens is 280 g/mol. The molecule has 112 valence electrons. The molecule has 1 aromatic heterocycles. The second kappa shape index (κ2) is 5.47. The van der Waals surface area contributed by atoms with E-state index in [0.717, 1.165) is 28.0 Å². The quantitative estimate of drug-likeness (QED) is 0.483. The molecule has 3 aromatic carbocycles. The van der Waals surface area contributed by atoms with Crippen LogP contribution in [-0.4, -0.2) is 9.97 Å². The Morgan fingerprint density at radius 2 is 1.35 bits per heavy atom. The molecule has 0 saturated heterocycles. The van der Waals surface area contributed by atoms with E-state index in [1.54, 1.807) is 0 Å². The maximum absolute atomic E-state index is 4.95. The molecule has 0 atom stereocenters. The number of aromatic nitrogens is 2. The van der Waals surface area contributed by atoms with Gasteiger partial charge in [0.05, 0.1) is 22.4 Å². The Balaban J connectivity index is 2.08. The molecule has 0 unspecified atom stereocenters. The summed E-state index contributed by atoms with van der Waals surface area (Å²) in [7, 11) is 0. The Morgan fingerprint density at radius 1 is 0.696 bits per heavy atom. The summed E-state index contributed by atoms with van der Waals surface area (Å²) in [5.74, 6) is 0.320. The number of para-hydroxylation sites is 2.